The molecule has 1 N–H and O–H groups in total. The number of aryl methyl sites for hydroxylation is 1. The third-order valence-electron chi connectivity index (χ3n) is 8.50. The van der Waals surface area contributed by atoms with Gasteiger partial charge in [-0.15, -0.1) is 0 Å². The lowest BCUT2D eigenvalue weighted by Crippen LogP contribution is -2.55. The van der Waals surface area contributed by atoms with Crippen molar-refractivity contribution in [3.8, 4) is 0 Å². The number of halogens is 2. The van der Waals surface area contributed by atoms with Gasteiger partial charge in [-0.25, -0.2) is 12.8 Å². The van der Waals surface area contributed by atoms with Crippen molar-refractivity contribution in [1.29, 1.82) is 0 Å². The molecule has 0 unspecified atom stereocenters. The molecule has 2 amide bonds. The predicted octanol–water partition coefficient (Wildman–Crippen LogP) is 7.18. The van der Waals surface area contributed by atoms with Crippen LogP contribution in [0.2, 0.25) is 0 Å². The number of carbonyl (C=O) groups excluding carboxylic acids is 2. The van der Waals surface area contributed by atoms with Crippen LogP contribution in [0.1, 0.15) is 48.8 Å². The van der Waals surface area contributed by atoms with Gasteiger partial charge in [-0.1, -0.05) is 107 Å². The summed E-state index contributed by atoms with van der Waals surface area (Å²) < 4.78 is 45.2. The SMILES string of the molecule is Cc1ccc(S(=O)(=O)N(CC(=O)N(Cc2ccc(Br)cc2)[C@@H](Cc2ccccc2)C(=O)NC2CCCCC2)c2ccccc2F)cc1. The average Bonchev–Trinajstić information content (AvgIpc) is 3.07. The molecule has 0 aromatic heterocycles. The molecule has 0 bridgehead atoms. The Morgan fingerprint density at radius 1 is 0.851 bits per heavy atom. The topological polar surface area (TPSA) is 86.8 Å². The van der Waals surface area contributed by atoms with Crippen molar-refractivity contribution in [2.45, 2.75) is 69.0 Å². The normalized spacial score (nSPS) is 14.3. The Morgan fingerprint density at radius 2 is 1.49 bits per heavy atom. The number of nitrogens with one attached hydrogen (secondary N) is 1. The largest absolute Gasteiger partial charge is 0.352 e. The number of sulfonamides is 1. The van der Waals surface area contributed by atoms with Gasteiger partial charge < -0.3 is 10.2 Å². The van der Waals surface area contributed by atoms with Gasteiger partial charge in [0.1, 0.15) is 18.4 Å². The van der Waals surface area contributed by atoms with Crippen LogP contribution in [0.25, 0.3) is 0 Å². The Bertz CT molecular complexity index is 1760. The average molecular weight is 721 g/mol. The Morgan fingerprint density at radius 3 is 2.15 bits per heavy atom. The Balaban J connectivity index is 1.56. The standard InChI is InChI=1S/C37H39BrFN3O4S/c1-27-16-22-32(23-17-27)47(45,46)42(34-15-9-8-14-33(34)39)26-36(43)41(25-29-18-20-30(38)21-19-29)35(24-28-10-4-2-5-11-28)37(44)40-31-12-6-3-7-13-31/h2,4-5,8-11,14-23,31,35H,3,6-7,12-13,24-26H2,1H3,(H,40,44)/t35-/m0/s1. The van der Waals surface area contributed by atoms with Crippen molar-refractivity contribution >= 4 is 43.5 Å². The highest BCUT2D eigenvalue weighted by Crippen LogP contribution is 2.28. The number of rotatable bonds is 12. The van der Waals surface area contributed by atoms with E-state index in [0.29, 0.717) is 0 Å². The number of para-hydroxylation sites is 1. The third-order valence-corrected chi connectivity index (χ3v) is 10.8. The molecule has 1 saturated carbocycles. The number of carbonyl (C=O) groups is 2. The van der Waals surface area contributed by atoms with E-state index in [1.54, 1.807) is 12.1 Å². The Kier molecular flexibility index (Phi) is 11.5. The maximum absolute atomic E-state index is 15.3. The van der Waals surface area contributed by atoms with Gasteiger partial charge in [0, 0.05) is 23.5 Å². The van der Waals surface area contributed by atoms with Crippen molar-refractivity contribution in [1.82, 2.24) is 10.2 Å². The van der Waals surface area contributed by atoms with E-state index in [1.807, 2.05) is 61.5 Å². The molecule has 1 aliphatic carbocycles. The van der Waals surface area contributed by atoms with Gasteiger partial charge >= 0.3 is 0 Å². The van der Waals surface area contributed by atoms with Gasteiger partial charge in [-0.2, -0.15) is 0 Å². The second kappa shape index (κ2) is 15.7. The summed E-state index contributed by atoms with van der Waals surface area (Å²) in [6.45, 7) is 1.16. The van der Waals surface area contributed by atoms with Crippen LogP contribution < -0.4 is 9.62 Å². The molecule has 0 aliphatic heterocycles. The van der Waals surface area contributed by atoms with Crippen molar-refractivity contribution in [3.05, 3.63) is 130 Å². The predicted molar refractivity (Wildman–Crippen MR) is 186 cm³/mol. The summed E-state index contributed by atoms with van der Waals surface area (Å²) in [6.07, 6.45) is 5.09. The molecule has 10 heteroatoms. The minimum Gasteiger partial charge on any atom is -0.352 e. The zero-order valence-corrected chi connectivity index (χ0v) is 28.7. The molecule has 0 heterocycles. The number of amides is 2. The first-order chi connectivity index (χ1) is 22.6. The van der Waals surface area contributed by atoms with Crippen molar-refractivity contribution < 1.29 is 22.4 Å². The zero-order valence-electron chi connectivity index (χ0n) is 26.3. The fraction of sp³-hybridized carbons (Fsp3) is 0.297. The molecule has 5 rings (SSSR count). The first-order valence-corrected chi connectivity index (χ1v) is 18.1. The van der Waals surface area contributed by atoms with E-state index in [4.69, 9.17) is 0 Å². The maximum Gasteiger partial charge on any atom is 0.264 e. The molecule has 246 valence electrons. The van der Waals surface area contributed by atoms with Crippen LogP contribution in [0, 0.1) is 12.7 Å². The molecule has 4 aromatic rings. The first-order valence-electron chi connectivity index (χ1n) is 15.8. The third kappa shape index (κ3) is 8.87. The van der Waals surface area contributed by atoms with Crippen LogP contribution in [-0.2, 0) is 32.6 Å². The van der Waals surface area contributed by atoms with E-state index >= 15 is 4.39 Å². The van der Waals surface area contributed by atoms with Gasteiger partial charge in [-0.05, 0) is 67.3 Å². The van der Waals surface area contributed by atoms with Crippen LogP contribution in [-0.4, -0.2) is 43.8 Å². The Labute approximate surface area is 285 Å². The van der Waals surface area contributed by atoms with Gasteiger partial charge in [-0.3, -0.25) is 13.9 Å². The monoisotopic (exact) mass is 719 g/mol. The maximum atomic E-state index is 15.3. The quantitative estimate of drug-likeness (QED) is 0.168. The van der Waals surface area contributed by atoms with Gasteiger partial charge in [0.25, 0.3) is 10.0 Å². The summed E-state index contributed by atoms with van der Waals surface area (Å²) in [5.74, 6) is -1.72. The smallest absolute Gasteiger partial charge is 0.264 e. The lowest BCUT2D eigenvalue weighted by atomic mass is 9.94. The first kappa shape index (κ1) is 34.3. The lowest BCUT2D eigenvalue weighted by molar-refractivity contribution is -0.140. The van der Waals surface area contributed by atoms with E-state index in [2.05, 4.69) is 21.2 Å². The minimum absolute atomic E-state index is 0.00372. The highest BCUT2D eigenvalue weighted by atomic mass is 79.9. The highest BCUT2D eigenvalue weighted by molar-refractivity contribution is 9.10. The highest BCUT2D eigenvalue weighted by Gasteiger charge is 2.36. The van der Waals surface area contributed by atoms with Gasteiger partial charge in [0.05, 0.1) is 10.6 Å². The molecule has 1 fully saturated rings. The van der Waals surface area contributed by atoms with Crippen LogP contribution in [0.4, 0.5) is 10.1 Å². The molecule has 0 saturated heterocycles. The lowest BCUT2D eigenvalue weighted by Gasteiger charge is -2.35. The minimum atomic E-state index is -4.39. The molecule has 7 nitrogen and oxygen atoms in total. The Hall–Kier alpha value is -4.02. The number of anilines is 1. The molecular formula is C37H39BrFN3O4S. The molecule has 0 radical (unpaired) electrons. The van der Waals surface area contributed by atoms with Crippen molar-refractivity contribution in [2.75, 3.05) is 10.8 Å². The van der Waals surface area contributed by atoms with Gasteiger partial charge in [0.15, 0.2) is 0 Å². The number of benzene rings is 4. The summed E-state index contributed by atoms with van der Waals surface area (Å²) in [5, 5.41) is 3.19. The second-order valence-corrected chi connectivity index (χ2v) is 14.8. The van der Waals surface area contributed by atoms with E-state index in [-0.39, 0.29) is 35.5 Å². The van der Waals surface area contributed by atoms with E-state index in [1.165, 1.54) is 35.2 Å². The fourth-order valence-electron chi connectivity index (χ4n) is 5.89. The summed E-state index contributed by atoms with van der Waals surface area (Å²) in [6, 6.07) is 27.5. The zero-order chi connectivity index (χ0) is 33.4. The molecule has 1 atom stereocenters. The van der Waals surface area contributed by atoms with Crippen molar-refractivity contribution in [3.63, 3.8) is 0 Å². The summed E-state index contributed by atoms with van der Waals surface area (Å²) in [7, 11) is -4.39. The second-order valence-electron chi connectivity index (χ2n) is 12.0. The van der Waals surface area contributed by atoms with Crippen molar-refractivity contribution in [2.24, 2.45) is 0 Å². The summed E-state index contributed by atoms with van der Waals surface area (Å²) in [5.41, 5.74) is 2.20. The van der Waals surface area contributed by atoms with Crippen LogP contribution in [0.3, 0.4) is 0 Å². The molecule has 1 aliphatic rings. The van der Waals surface area contributed by atoms with Gasteiger partial charge in [0.2, 0.25) is 11.8 Å². The summed E-state index contributed by atoms with van der Waals surface area (Å²) in [4.78, 5) is 30.1. The van der Waals surface area contributed by atoms with Crippen LogP contribution in [0.5, 0.6) is 0 Å². The molecule has 47 heavy (non-hydrogen) atoms. The molecule has 0 spiro atoms. The van der Waals surface area contributed by atoms with Crippen LogP contribution in [0.15, 0.2) is 112 Å². The van der Waals surface area contributed by atoms with Crippen LogP contribution >= 0.6 is 15.9 Å². The van der Waals surface area contributed by atoms with E-state index in [0.717, 1.165) is 63.6 Å². The van der Waals surface area contributed by atoms with E-state index < -0.39 is 34.3 Å². The number of nitrogens with zero attached hydrogens (tertiary/aromatic N) is 2. The fourth-order valence-corrected chi connectivity index (χ4v) is 7.58. The number of hydrogen-bond acceptors (Lipinski definition) is 4. The molecular weight excluding hydrogens is 681 g/mol. The molecule has 4 aromatic carbocycles. The summed E-state index contributed by atoms with van der Waals surface area (Å²) >= 11 is 3.45. The van der Waals surface area contributed by atoms with E-state index in [9.17, 15) is 18.0 Å². The number of hydrogen-bond donors (Lipinski definition) is 1.